The zero-order valence-corrected chi connectivity index (χ0v) is 10.8. The molecule has 0 saturated heterocycles. The molecular weight excluding hydrogens is 242 g/mol. The number of rotatable bonds is 4. The molecule has 0 radical (unpaired) electrons. The molecule has 1 unspecified atom stereocenters. The first kappa shape index (κ1) is 13.0. The minimum absolute atomic E-state index is 0.0395. The van der Waals surface area contributed by atoms with Crippen molar-refractivity contribution in [1.29, 1.82) is 0 Å². The number of nitrogens with one attached hydrogen (secondary N) is 1. The van der Waals surface area contributed by atoms with Crippen molar-refractivity contribution in [3.63, 3.8) is 0 Å². The van der Waals surface area contributed by atoms with Crippen LogP contribution >= 0.6 is 0 Å². The summed E-state index contributed by atoms with van der Waals surface area (Å²) in [5.74, 6) is -0.339. The summed E-state index contributed by atoms with van der Waals surface area (Å²) in [7, 11) is 1.37. The Morgan fingerprint density at radius 1 is 1.26 bits per heavy atom. The lowest BCUT2D eigenvalue weighted by atomic mass is 10.2. The highest BCUT2D eigenvalue weighted by Crippen LogP contribution is 2.17. The van der Waals surface area contributed by atoms with Gasteiger partial charge in [0.15, 0.2) is 0 Å². The molecule has 2 rings (SSSR count). The third-order valence-corrected chi connectivity index (χ3v) is 2.72. The first-order chi connectivity index (χ1) is 9.20. The van der Waals surface area contributed by atoms with Gasteiger partial charge in [-0.05, 0) is 31.2 Å². The van der Waals surface area contributed by atoms with Crippen LogP contribution in [0.25, 0.3) is 0 Å². The normalized spacial score (nSPS) is 11.7. The van der Waals surface area contributed by atoms with E-state index in [1.54, 1.807) is 30.7 Å². The summed E-state index contributed by atoms with van der Waals surface area (Å²) in [4.78, 5) is 19.6. The molecule has 0 bridgehead atoms. The summed E-state index contributed by atoms with van der Waals surface area (Å²) in [5, 5.41) is 3.29. The van der Waals surface area contributed by atoms with Gasteiger partial charge in [-0.25, -0.2) is 4.79 Å². The van der Waals surface area contributed by atoms with Crippen molar-refractivity contribution in [3.05, 3.63) is 54.1 Å². The number of esters is 1. The molecule has 0 spiro atoms. The van der Waals surface area contributed by atoms with Crippen LogP contribution in [0.5, 0.6) is 0 Å². The minimum atomic E-state index is -0.339. The molecule has 2 aromatic rings. The lowest BCUT2D eigenvalue weighted by Crippen LogP contribution is -2.09. The van der Waals surface area contributed by atoms with Gasteiger partial charge in [-0.15, -0.1) is 0 Å². The van der Waals surface area contributed by atoms with Crippen LogP contribution in [0.15, 0.2) is 42.9 Å². The smallest absolute Gasteiger partial charge is 0.337 e. The van der Waals surface area contributed by atoms with E-state index in [0.717, 1.165) is 11.4 Å². The zero-order valence-electron chi connectivity index (χ0n) is 10.8. The largest absolute Gasteiger partial charge is 0.465 e. The van der Waals surface area contributed by atoms with Gasteiger partial charge < -0.3 is 10.1 Å². The fraction of sp³-hybridized carbons (Fsp3) is 0.214. The molecule has 0 aliphatic carbocycles. The quantitative estimate of drug-likeness (QED) is 0.852. The second-order valence-corrected chi connectivity index (χ2v) is 4.07. The van der Waals surface area contributed by atoms with Gasteiger partial charge in [-0.3, -0.25) is 9.97 Å². The molecule has 0 aliphatic heterocycles. The molecule has 19 heavy (non-hydrogen) atoms. The van der Waals surface area contributed by atoms with Gasteiger partial charge in [0.2, 0.25) is 0 Å². The van der Waals surface area contributed by atoms with Gasteiger partial charge in [0, 0.05) is 18.1 Å². The number of hydrogen-bond acceptors (Lipinski definition) is 5. The maximum absolute atomic E-state index is 11.3. The Balaban J connectivity index is 2.06. The highest BCUT2D eigenvalue weighted by molar-refractivity contribution is 5.89. The topological polar surface area (TPSA) is 64.1 Å². The Kier molecular flexibility index (Phi) is 4.07. The van der Waals surface area contributed by atoms with Gasteiger partial charge in [0.25, 0.3) is 0 Å². The third kappa shape index (κ3) is 3.28. The lowest BCUT2D eigenvalue weighted by Gasteiger charge is -2.14. The molecule has 0 amide bonds. The summed E-state index contributed by atoms with van der Waals surface area (Å²) in [6.45, 7) is 2.00. The Labute approximate surface area is 111 Å². The predicted molar refractivity (Wildman–Crippen MR) is 71.9 cm³/mol. The number of ether oxygens (including phenoxy) is 1. The Bertz CT molecular complexity index is 540. The van der Waals surface area contributed by atoms with Crippen LogP contribution < -0.4 is 5.32 Å². The van der Waals surface area contributed by atoms with Gasteiger partial charge in [0.1, 0.15) is 0 Å². The summed E-state index contributed by atoms with van der Waals surface area (Å²) in [6, 6.07) is 7.14. The Morgan fingerprint density at radius 2 is 2.00 bits per heavy atom. The van der Waals surface area contributed by atoms with Crippen molar-refractivity contribution in [1.82, 2.24) is 9.97 Å². The number of nitrogens with zero attached hydrogens (tertiary/aromatic N) is 2. The van der Waals surface area contributed by atoms with Gasteiger partial charge in [-0.1, -0.05) is 0 Å². The van der Waals surface area contributed by atoms with Gasteiger partial charge in [0.05, 0.1) is 30.6 Å². The van der Waals surface area contributed by atoms with Crippen molar-refractivity contribution in [3.8, 4) is 0 Å². The SMILES string of the molecule is COC(=O)c1ccc(NC(C)c2cnccn2)cc1. The second-order valence-electron chi connectivity index (χ2n) is 4.07. The summed E-state index contributed by atoms with van der Waals surface area (Å²) in [6.07, 6.45) is 5.02. The highest BCUT2D eigenvalue weighted by Gasteiger charge is 2.08. The maximum Gasteiger partial charge on any atom is 0.337 e. The van der Waals surface area contributed by atoms with E-state index in [2.05, 4.69) is 20.0 Å². The molecule has 5 nitrogen and oxygen atoms in total. The van der Waals surface area contributed by atoms with E-state index in [9.17, 15) is 4.79 Å². The van der Waals surface area contributed by atoms with Crippen molar-refractivity contribution in [2.75, 3.05) is 12.4 Å². The fourth-order valence-corrected chi connectivity index (χ4v) is 1.68. The van der Waals surface area contributed by atoms with Crippen molar-refractivity contribution < 1.29 is 9.53 Å². The fourth-order valence-electron chi connectivity index (χ4n) is 1.68. The third-order valence-electron chi connectivity index (χ3n) is 2.72. The monoisotopic (exact) mass is 257 g/mol. The first-order valence-corrected chi connectivity index (χ1v) is 5.91. The molecule has 98 valence electrons. The van der Waals surface area contributed by atoms with E-state index in [-0.39, 0.29) is 12.0 Å². The van der Waals surface area contributed by atoms with Crippen molar-refractivity contribution in [2.24, 2.45) is 0 Å². The van der Waals surface area contributed by atoms with E-state index < -0.39 is 0 Å². The maximum atomic E-state index is 11.3. The molecule has 1 aromatic carbocycles. The van der Waals surface area contributed by atoms with Crippen LogP contribution in [-0.4, -0.2) is 23.0 Å². The number of anilines is 1. The molecular formula is C14H15N3O2. The van der Waals surface area contributed by atoms with E-state index >= 15 is 0 Å². The number of carbonyl (C=O) groups is 1. The van der Waals surface area contributed by atoms with E-state index in [0.29, 0.717) is 5.56 Å². The Morgan fingerprint density at radius 3 is 2.58 bits per heavy atom. The number of benzene rings is 1. The molecule has 0 aliphatic rings. The molecule has 1 N–H and O–H groups in total. The van der Waals surface area contributed by atoms with Crippen LogP contribution in [0.3, 0.4) is 0 Å². The van der Waals surface area contributed by atoms with Crippen molar-refractivity contribution >= 4 is 11.7 Å². The van der Waals surface area contributed by atoms with Crippen LogP contribution in [0.2, 0.25) is 0 Å². The van der Waals surface area contributed by atoms with Gasteiger partial charge in [-0.2, -0.15) is 0 Å². The summed E-state index contributed by atoms with van der Waals surface area (Å²) in [5.41, 5.74) is 2.30. The average Bonchev–Trinajstić information content (AvgIpc) is 2.48. The highest BCUT2D eigenvalue weighted by atomic mass is 16.5. The molecule has 1 atom stereocenters. The zero-order chi connectivity index (χ0) is 13.7. The molecule has 0 saturated carbocycles. The van der Waals surface area contributed by atoms with E-state index in [1.807, 2.05) is 19.1 Å². The van der Waals surface area contributed by atoms with Crippen LogP contribution in [-0.2, 0) is 4.74 Å². The molecule has 5 heteroatoms. The minimum Gasteiger partial charge on any atom is -0.465 e. The second kappa shape index (κ2) is 5.95. The van der Waals surface area contributed by atoms with E-state index in [4.69, 9.17) is 0 Å². The average molecular weight is 257 g/mol. The summed E-state index contributed by atoms with van der Waals surface area (Å²) < 4.78 is 4.65. The number of hydrogen-bond donors (Lipinski definition) is 1. The van der Waals surface area contributed by atoms with Crippen molar-refractivity contribution in [2.45, 2.75) is 13.0 Å². The predicted octanol–water partition coefficient (Wildman–Crippen LogP) is 2.44. The van der Waals surface area contributed by atoms with Crippen LogP contribution in [0, 0.1) is 0 Å². The molecule has 0 fully saturated rings. The van der Waals surface area contributed by atoms with Crippen LogP contribution in [0.1, 0.15) is 29.0 Å². The van der Waals surface area contributed by atoms with E-state index in [1.165, 1.54) is 7.11 Å². The summed E-state index contributed by atoms with van der Waals surface area (Å²) >= 11 is 0. The standard InChI is InChI=1S/C14H15N3O2/c1-10(13-9-15-7-8-16-13)17-12-5-3-11(4-6-12)14(18)19-2/h3-10,17H,1-2H3. The number of aromatic nitrogens is 2. The Hall–Kier alpha value is -2.43. The van der Waals surface area contributed by atoms with Crippen LogP contribution in [0.4, 0.5) is 5.69 Å². The van der Waals surface area contributed by atoms with Gasteiger partial charge >= 0.3 is 5.97 Å². The number of carbonyl (C=O) groups excluding carboxylic acids is 1. The number of methoxy groups -OCH3 is 1. The first-order valence-electron chi connectivity index (χ1n) is 5.91. The molecule has 1 aromatic heterocycles. The molecule has 1 heterocycles. The lowest BCUT2D eigenvalue weighted by molar-refractivity contribution is 0.0601.